The number of hydrogen-bond acceptors (Lipinski definition) is 6. The molecule has 0 spiro atoms. The van der Waals surface area contributed by atoms with E-state index in [9.17, 15) is 9.59 Å². The number of nitrogens with zero attached hydrogens (tertiary/aromatic N) is 1. The number of rotatable bonds is 5. The van der Waals surface area contributed by atoms with Gasteiger partial charge in [-0.2, -0.15) is 0 Å². The summed E-state index contributed by atoms with van der Waals surface area (Å²) in [7, 11) is 0. The van der Waals surface area contributed by atoms with Gasteiger partial charge in [0.05, 0.1) is 15.2 Å². The van der Waals surface area contributed by atoms with E-state index >= 15 is 0 Å². The third-order valence-electron chi connectivity index (χ3n) is 3.57. The summed E-state index contributed by atoms with van der Waals surface area (Å²) in [6, 6.07) is 10.6. The van der Waals surface area contributed by atoms with E-state index in [4.69, 9.17) is 16.3 Å². The molecule has 26 heavy (non-hydrogen) atoms. The highest BCUT2D eigenvalue weighted by Gasteiger charge is 2.17. The van der Waals surface area contributed by atoms with E-state index < -0.39 is 11.9 Å². The number of pyridine rings is 1. The molecule has 5 nitrogen and oxygen atoms in total. The number of carbonyl (C=O) groups excluding carboxylic acids is 2. The molecule has 0 unspecified atom stereocenters. The number of halogens is 1. The minimum Gasteiger partial charge on any atom is -0.452 e. The Morgan fingerprint density at radius 2 is 1.88 bits per heavy atom. The average molecular weight is 409 g/mol. The molecule has 0 saturated carbocycles. The van der Waals surface area contributed by atoms with Crippen molar-refractivity contribution in [2.24, 2.45) is 0 Å². The number of hydrogen-bond donors (Lipinski definition) is 1. The van der Waals surface area contributed by atoms with Crippen LogP contribution in [-0.4, -0.2) is 35.0 Å². The predicted octanol–water partition coefficient (Wildman–Crippen LogP) is 4.40. The molecule has 1 aliphatic heterocycles. The fourth-order valence-corrected chi connectivity index (χ4v) is 5.31. The molecule has 1 N–H and O–H groups in total. The molecule has 1 fully saturated rings. The Labute approximate surface area is 165 Å². The van der Waals surface area contributed by atoms with E-state index in [2.05, 4.69) is 10.3 Å². The van der Waals surface area contributed by atoms with Crippen LogP contribution in [0.4, 0.5) is 5.82 Å². The summed E-state index contributed by atoms with van der Waals surface area (Å²) in [5, 5.41) is 3.01. The van der Waals surface area contributed by atoms with Gasteiger partial charge in [-0.3, -0.25) is 4.79 Å². The molecule has 0 radical (unpaired) electrons. The molecule has 0 atom stereocenters. The van der Waals surface area contributed by atoms with Crippen molar-refractivity contribution in [1.82, 2.24) is 4.98 Å². The number of ether oxygens (including phenoxy) is 1. The van der Waals surface area contributed by atoms with E-state index in [1.54, 1.807) is 24.3 Å². The zero-order valence-electron chi connectivity index (χ0n) is 13.8. The summed E-state index contributed by atoms with van der Waals surface area (Å²) in [6.45, 7) is -0.376. The molecule has 1 aromatic heterocycles. The van der Waals surface area contributed by atoms with Crippen molar-refractivity contribution in [3.8, 4) is 0 Å². The van der Waals surface area contributed by atoms with E-state index in [-0.39, 0.29) is 6.61 Å². The highest BCUT2D eigenvalue weighted by molar-refractivity contribution is 8.16. The van der Waals surface area contributed by atoms with Crippen molar-refractivity contribution >= 4 is 52.8 Å². The maximum absolute atomic E-state index is 12.1. The summed E-state index contributed by atoms with van der Waals surface area (Å²) < 4.78 is 5.48. The van der Waals surface area contributed by atoms with Crippen molar-refractivity contribution < 1.29 is 14.3 Å². The third kappa shape index (κ3) is 5.40. The van der Waals surface area contributed by atoms with Gasteiger partial charge in [-0.15, -0.1) is 23.5 Å². The summed E-state index contributed by atoms with van der Waals surface area (Å²) >= 11 is 9.58. The highest BCUT2D eigenvalue weighted by atomic mass is 35.5. The van der Waals surface area contributed by atoms with Gasteiger partial charge in [0.15, 0.2) is 6.61 Å². The zero-order valence-corrected chi connectivity index (χ0v) is 16.2. The third-order valence-corrected chi connectivity index (χ3v) is 6.81. The largest absolute Gasteiger partial charge is 0.452 e. The normalized spacial score (nSPS) is 14.7. The Morgan fingerprint density at radius 3 is 2.54 bits per heavy atom. The lowest BCUT2D eigenvalue weighted by Gasteiger charge is -2.21. The molecule has 3 rings (SSSR count). The Hall–Kier alpha value is -1.70. The first-order chi connectivity index (χ1) is 12.6. The number of anilines is 1. The van der Waals surface area contributed by atoms with Crippen LogP contribution in [0, 0.1) is 0 Å². The molecule has 2 aromatic rings. The Bertz CT molecular complexity index is 763. The zero-order chi connectivity index (χ0) is 18.4. The lowest BCUT2D eigenvalue weighted by atomic mass is 10.1. The van der Waals surface area contributed by atoms with Gasteiger partial charge in [-0.25, -0.2) is 9.78 Å². The van der Waals surface area contributed by atoms with Crippen LogP contribution < -0.4 is 5.32 Å². The first kappa shape index (κ1) is 19.1. The minimum absolute atomic E-state index is 0.349. The topological polar surface area (TPSA) is 68.3 Å². The van der Waals surface area contributed by atoms with Gasteiger partial charge in [0.25, 0.3) is 5.91 Å². The van der Waals surface area contributed by atoms with Crippen LogP contribution in [0.2, 0.25) is 5.02 Å². The molecule has 1 saturated heterocycles. The van der Waals surface area contributed by atoms with Crippen molar-refractivity contribution in [2.75, 3.05) is 23.4 Å². The summed E-state index contributed by atoms with van der Waals surface area (Å²) in [5.41, 5.74) is 1.62. The van der Waals surface area contributed by atoms with E-state index in [1.807, 2.05) is 35.7 Å². The monoisotopic (exact) mass is 408 g/mol. The van der Waals surface area contributed by atoms with Crippen molar-refractivity contribution in [3.05, 3.63) is 58.7 Å². The summed E-state index contributed by atoms with van der Waals surface area (Å²) in [6.07, 6.45) is 2.66. The van der Waals surface area contributed by atoms with Crippen molar-refractivity contribution in [2.45, 2.75) is 11.0 Å². The minimum atomic E-state index is -0.528. The van der Waals surface area contributed by atoms with Crippen LogP contribution in [0.5, 0.6) is 0 Å². The molecule has 0 bridgehead atoms. The molecule has 1 amide bonds. The standard InChI is InChI=1S/C18H17ClN2O3S2/c19-14-6-7-15(20-10-14)21-16(22)11-24-17(23)12-2-4-13(5-3-12)18-25-8-1-9-26-18/h2-7,10,18H,1,8-9,11H2,(H,20,21,22). The quantitative estimate of drug-likeness (QED) is 0.739. The first-order valence-electron chi connectivity index (χ1n) is 8.03. The van der Waals surface area contributed by atoms with Gasteiger partial charge in [0.2, 0.25) is 0 Å². The molecule has 0 aliphatic carbocycles. The van der Waals surface area contributed by atoms with Gasteiger partial charge in [0.1, 0.15) is 5.82 Å². The smallest absolute Gasteiger partial charge is 0.338 e. The fourth-order valence-electron chi connectivity index (χ4n) is 2.30. The lowest BCUT2D eigenvalue weighted by molar-refractivity contribution is -0.119. The number of esters is 1. The van der Waals surface area contributed by atoms with Crippen molar-refractivity contribution in [1.29, 1.82) is 0 Å². The van der Waals surface area contributed by atoms with Crippen LogP contribution in [0.25, 0.3) is 0 Å². The van der Waals surface area contributed by atoms with Gasteiger partial charge < -0.3 is 10.1 Å². The Balaban J connectivity index is 1.49. The van der Waals surface area contributed by atoms with E-state index in [1.165, 1.54) is 29.7 Å². The molecule has 1 aromatic carbocycles. The Morgan fingerprint density at radius 1 is 1.15 bits per heavy atom. The second-order valence-corrected chi connectivity index (χ2v) is 8.70. The number of carbonyl (C=O) groups is 2. The molecular weight excluding hydrogens is 392 g/mol. The van der Waals surface area contributed by atoms with Crippen LogP contribution in [0.15, 0.2) is 42.6 Å². The number of benzene rings is 1. The van der Waals surface area contributed by atoms with E-state index in [0.29, 0.717) is 21.0 Å². The first-order valence-corrected chi connectivity index (χ1v) is 10.5. The second-order valence-electron chi connectivity index (χ2n) is 5.54. The molecule has 2 heterocycles. The van der Waals surface area contributed by atoms with Gasteiger partial charge in [-0.1, -0.05) is 23.7 Å². The van der Waals surface area contributed by atoms with Gasteiger partial charge in [-0.05, 0) is 47.8 Å². The van der Waals surface area contributed by atoms with Gasteiger partial charge in [0, 0.05) is 6.20 Å². The van der Waals surface area contributed by atoms with Crippen LogP contribution >= 0.6 is 35.1 Å². The molecule has 136 valence electrons. The highest BCUT2D eigenvalue weighted by Crippen LogP contribution is 2.43. The molecule has 8 heteroatoms. The van der Waals surface area contributed by atoms with Crippen LogP contribution in [0.1, 0.15) is 26.9 Å². The average Bonchev–Trinajstić information content (AvgIpc) is 2.69. The number of thioether (sulfide) groups is 2. The fraction of sp³-hybridized carbons (Fsp3) is 0.278. The number of aromatic nitrogens is 1. The van der Waals surface area contributed by atoms with Gasteiger partial charge >= 0.3 is 5.97 Å². The lowest BCUT2D eigenvalue weighted by Crippen LogP contribution is -2.21. The maximum Gasteiger partial charge on any atom is 0.338 e. The van der Waals surface area contributed by atoms with Crippen LogP contribution in [0.3, 0.4) is 0 Å². The second kappa shape index (κ2) is 9.30. The van der Waals surface area contributed by atoms with Crippen molar-refractivity contribution in [3.63, 3.8) is 0 Å². The number of nitrogens with one attached hydrogen (secondary N) is 1. The Kier molecular flexibility index (Phi) is 6.82. The SMILES string of the molecule is O=C(COC(=O)c1ccc(C2SCCCS2)cc1)Nc1ccc(Cl)cn1. The summed E-state index contributed by atoms with van der Waals surface area (Å²) in [5.74, 6) is 1.69. The maximum atomic E-state index is 12.1. The van der Waals surface area contributed by atoms with Crippen LogP contribution in [-0.2, 0) is 9.53 Å². The predicted molar refractivity (Wildman–Crippen MR) is 107 cm³/mol. The summed E-state index contributed by atoms with van der Waals surface area (Å²) in [4.78, 5) is 27.9. The number of amides is 1. The van der Waals surface area contributed by atoms with E-state index in [0.717, 1.165) is 0 Å². The molecular formula is C18H17ClN2O3S2. The molecule has 1 aliphatic rings.